The average molecular weight is 505 g/mol. The molecule has 0 aliphatic rings. The van der Waals surface area contributed by atoms with Gasteiger partial charge in [-0.1, -0.05) is 23.2 Å². The SMILES string of the molecule is O=C(NCc1ncc(-c2cc(Cl)cc(Cl)c2OCC(F)F)cc1F)NNC(=O)C(F)(F)F. The molecule has 1 aromatic carbocycles. The Balaban J connectivity index is 2.12. The summed E-state index contributed by atoms with van der Waals surface area (Å²) >= 11 is 11.9. The Morgan fingerprint density at radius 2 is 1.81 bits per heavy atom. The van der Waals surface area contributed by atoms with Crippen LogP contribution in [0.25, 0.3) is 11.1 Å². The number of hydrogen-bond donors (Lipinski definition) is 3. The van der Waals surface area contributed by atoms with Crippen molar-refractivity contribution in [3.63, 3.8) is 0 Å². The van der Waals surface area contributed by atoms with Crippen LogP contribution in [0.15, 0.2) is 24.4 Å². The molecule has 0 unspecified atom stereocenters. The van der Waals surface area contributed by atoms with Crippen LogP contribution in [0.5, 0.6) is 5.75 Å². The van der Waals surface area contributed by atoms with Crippen LogP contribution in [-0.4, -0.2) is 36.1 Å². The largest absolute Gasteiger partial charge is 0.485 e. The molecule has 0 bridgehead atoms. The van der Waals surface area contributed by atoms with Crippen LogP contribution in [0.4, 0.5) is 31.1 Å². The number of pyridine rings is 1. The number of aromatic nitrogens is 1. The van der Waals surface area contributed by atoms with Gasteiger partial charge in [0.15, 0.2) is 0 Å². The highest BCUT2D eigenvalue weighted by Gasteiger charge is 2.38. The number of amides is 3. The summed E-state index contributed by atoms with van der Waals surface area (Å²) in [4.78, 5) is 25.8. The third kappa shape index (κ3) is 7.05. The van der Waals surface area contributed by atoms with Crippen molar-refractivity contribution in [3.05, 3.63) is 46.0 Å². The molecule has 3 amide bonds. The monoisotopic (exact) mass is 504 g/mol. The van der Waals surface area contributed by atoms with Crippen LogP contribution in [0.2, 0.25) is 10.0 Å². The van der Waals surface area contributed by atoms with E-state index in [1.165, 1.54) is 17.6 Å². The van der Waals surface area contributed by atoms with Gasteiger partial charge in [-0.25, -0.2) is 23.4 Å². The van der Waals surface area contributed by atoms with Crippen molar-refractivity contribution in [2.24, 2.45) is 0 Å². The molecule has 0 aliphatic heterocycles. The van der Waals surface area contributed by atoms with E-state index in [-0.39, 0.29) is 32.6 Å². The normalized spacial score (nSPS) is 11.3. The number of alkyl halides is 5. The van der Waals surface area contributed by atoms with Crippen LogP contribution in [0, 0.1) is 5.82 Å². The van der Waals surface area contributed by atoms with Gasteiger partial charge >= 0.3 is 18.1 Å². The lowest BCUT2D eigenvalue weighted by atomic mass is 10.1. The van der Waals surface area contributed by atoms with Crippen LogP contribution >= 0.6 is 23.2 Å². The van der Waals surface area contributed by atoms with Gasteiger partial charge in [0, 0.05) is 22.3 Å². The Morgan fingerprint density at radius 3 is 2.41 bits per heavy atom. The van der Waals surface area contributed by atoms with E-state index in [1.54, 1.807) is 0 Å². The van der Waals surface area contributed by atoms with Gasteiger partial charge in [0.1, 0.15) is 18.2 Å². The molecule has 0 atom stereocenters. The molecule has 1 heterocycles. The number of benzene rings is 1. The van der Waals surface area contributed by atoms with Gasteiger partial charge in [-0.15, -0.1) is 0 Å². The summed E-state index contributed by atoms with van der Waals surface area (Å²) in [7, 11) is 0. The summed E-state index contributed by atoms with van der Waals surface area (Å²) < 4.78 is 80.5. The maximum Gasteiger partial charge on any atom is 0.472 e. The van der Waals surface area contributed by atoms with Crippen molar-refractivity contribution in [3.8, 4) is 16.9 Å². The molecule has 0 saturated heterocycles. The Bertz CT molecular complexity index is 1010. The molecular formula is C17H12Cl2F6N4O3. The highest BCUT2D eigenvalue weighted by molar-refractivity contribution is 6.36. The topological polar surface area (TPSA) is 92.3 Å². The molecule has 2 rings (SSSR count). The number of nitrogens with zero attached hydrogens (tertiary/aromatic N) is 1. The number of carbonyl (C=O) groups excluding carboxylic acids is 2. The number of urea groups is 1. The van der Waals surface area contributed by atoms with E-state index in [2.05, 4.69) is 4.98 Å². The Labute approximate surface area is 186 Å². The van der Waals surface area contributed by atoms with Gasteiger partial charge in [-0.3, -0.25) is 15.2 Å². The highest BCUT2D eigenvalue weighted by atomic mass is 35.5. The Kier molecular flexibility index (Phi) is 8.38. The second-order valence-corrected chi connectivity index (χ2v) is 6.72. The molecule has 0 fully saturated rings. The second kappa shape index (κ2) is 10.6. The van der Waals surface area contributed by atoms with Crippen molar-refractivity contribution < 1.29 is 40.7 Å². The zero-order valence-corrected chi connectivity index (χ0v) is 17.0. The molecule has 3 N–H and O–H groups in total. The standard InChI is InChI=1S/C17H12Cl2F6N4O3/c18-8-2-9(14(10(19)3-8)32-6-13(21)22)7-1-11(20)12(26-4-7)5-27-16(31)29-28-15(30)17(23,24)25/h1-4,13H,5-6H2,(H,28,30)(H2,27,29,31). The summed E-state index contributed by atoms with van der Waals surface area (Å²) in [6, 6.07) is 2.20. The molecule has 1 aromatic heterocycles. The van der Waals surface area contributed by atoms with E-state index in [4.69, 9.17) is 27.9 Å². The zero-order valence-electron chi connectivity index (χ0n) is 15.5. The molecule has 0 spiro atoms. The lowest BCUT2D eigenvalue weighted by Crippen LogP contribution is -2.51. The van der Waals surface area contributed by atoms with E-state index in [1.807, 2.05) is 5.32 Å². The number of halogens is 8. The predicted molar refractivity (Wildman–Crippen MR) is 101 cm³/mol. The van der Waals surface area contributed by atoms with Gasteiger partial charge in [0.25, 0.3) is 6.43 Å². The van der Waals surface area contributed by atoms with Gasteiger partial charge in [0.05, 0.1) is 17.3 Å². The lowest BCUT2D eigenvalue weighted by molar-refractivity contribution is -0.174. The summed E-state index contributed by atoms with van der Waals surface area (Å²) in [6.07, 6.45) is -6.90. The van der Waals surface area contributed by atoms with Gasteiger partial charge in [-0.2, -0.15) is 13.2 Å². The fourth-order valence-electron chi connectivity index (χ4n) is 2.20. The first-order valence-corrected chi connectivity index (χ1v) is 9.10. The van der Waals surface area contributed by atoms with Crippen LogP contribution in [-0.2, 0) is 11.3 Å². The molecule has 0 aliphatic carbocycles. The molecular weight excluding hydrogens is 493 g/mol. The molecule has 0 saturated carbocycles. The number of rotatable bonds is 6. The number of hydrogen-bond acceptors (Lipinski definition) is 4. The molecule has 7 nitrogen and oxygen atoms in total. The summed E-state index contributed by atoms with van der Waals surface area (Å²) in [6.45, 7) is -1.54. The van der Waals surface area contributed by atoms with Gasteiger partial charge in [-0.05, 0) is 18.2 Å². The zero-order chi connectivity index (χ0) is 24.1. The first-order valence-electron chi connectivity index (χ1n) is 8.34. The molecule has 15 heteroatoms. The van der Waals surface area contributed by atoms with E-state index < -0.39 is 43.5 Å². The smallest absolute Gasteiger partial charge is 0.472 e. The molecule has 2 aromatic rings. The van der Waals surface area contributed by atoms with E-state index in [9.17, 15) is 35.9 Å². The fraction of sp³-hybridized carbons (Fsp3) is 0.235. The molecule has 32 heavy (non-hydrogen) atoms. The number of carbonyl (C=O) groups is 2. The first-order chi connectivity index (χ1) is 14.9. The van der Waals surface area contributed by atoms with E-state index in [0.29, 0.717) is 0 Å². The van der Waals surface area contributed by atoms with E-state index >= 15 is 0 Å². The molecule has 0 radical (unpaired) electrons. The third-order valence-corrected chi connectivity index (χ3v) is 4.05. The first kappa shape index (κ1) is 25.3. The van der Waals surface area contributed by atoms with Crippen LogP contribution < -0.4 is 20.9 Å². The van der Waals surface area contributed by atoms with Crippen molar-refractivity contribution >= 4 is 35.1 Å². The van der Waals surface area contributed by atoms with Crippen molar-refractivity contribution in [1.29, 1.82) is 0 Å². The Hall–Kier alpha value is -2.93. The maximum absolute atomic E-state index is 14.4. The summed E-state index contributed by atoms with van der Waals surface area (Å²) in [5.74, 6) is -3.55. The number of nitrogens with one attached hydrogen (secondary N) is 3. The number of ether oxygens (including phenoxy) is 1. The molecule has 174 valence electrons. The predicted octanol–water partition coefficient (Wildman–Crippen LogP) is 4.23. The number of hydrazine groups is 1. The quantitative estimate of drug-likeness (QED) is 0.405. The van der Waals surface area contributed by atoms with E-state index in [0.717, 1.165) is 17.7 Å². The minimum absolute atomic E-state index is 0.0572. The minimum Gasteiger partial charge on any atom is -0.485 e. The van der Waals surface area contributed by atoms with Crippen molar-refractivity contribution in [2.45, 2.75) is 19.1 Å². The third-order valence-electron chi connectivity index (χ3n) is 3.55. The second-order valence-electron chi connectivity index (χ2n) is 5.88. The van der Waals surface area contributed by atoms with Crippen molar-refractivity contribution in [1.82, 2.24) is 21.2 Å². The van der Waals surface area contributed by atoms with Crippen molar-refractivity contribution in [2.75, 3.05) is 6.61 Å². The Morgan fingerprint density at radius 1 is 1.12 bits per heavy atom. The fourth-order valence-corrected chi connectivity index (χ4v) is 2.75. The maximum atomic E-state index is 14.4. The van der Waals surface area contributed by atoms with Gasteiger partial charge < -0.3 is 10.1 Å². The van der Waals surface area contributed by atoms with Crippen LogP contribution in [0.3, 0.4) is 0 Å². The summed E-state index contributed by atoms with van der Waals surface area (Å²) in [5.41, 5.74) is 2.34. The van der Waals surface area contributed by atoms with Crippen LogP contribution in [0.1, 0.15) is 5.69 Å². The summed E-state index contributed by atoms with van der Waals surface area (Å²) in [5, 5.41) is 1.99. The lowest BCUT2D eigenvalue weighted by Gasteiger charge is -2.14. The minimum atomic E-state index is -5.21. The van der Waals surface area contributed by atoms with Gasteiger partial charge in [0.2, 0.25) is 0 Å². The highest BCUT2D eigenvalue weighted by Crippen LogP contribution is 2.39. The average Bonchev–Trinajstić information content (AvgIpc) is 2.68.